The number of carbonyl (C=O) groups excluding carboxylic acids is 1. The second-order valence-electron chi connectivity index (χ2n) is 7.12. The Morgan fingerprint density at radius 2 is 1.72 bits per heavy atom. The first kappa shape index (κ1) is 22.0. The van der Waals surface area contributed by atoms with E-state index in [-0.39, 0.29) is 23.1 Å². The van der Waals surface area contributed by atoms with Crippen molar-refractivity contribution in [3.8, 4) is 28.4 Å². The number of halogens is 1. The van der Waals surface area contributed by atoms with Crippen LogP contribution in [0, 0.1) is 0 Å². The molecule has 0 saturated heterocycles. The van der Waals surface area contributed by atoms with Crippen LogP contribution in [-0.2, 0) is 4.79 Å². The smallest absolute Gasteiger partial charge is 0.346 e. The van der Waals surface area contributed by atoms with Crippen LogP contribution in [0.4, 0.5) is 5.69 Å². The first-order valence-electron chi connectivity index (χ1n) is 9.63. The molecule has 166 valence electrons. The number of carboxylic acids is 1. The predicted octanol–water partition coefficient (Wildman–Crippen LogP) is 5.27. The number of carboxylic acid groups (broad SMARTS) is 1. The Balaban J connectivity index is 1.93. The predicted molar refractivity (Wildman–Crippen MR) is 123 cm³/mol. The number of ether oxygens (including phenoxy) is 3. The number of hydrogen-bond donors (Lipinski definition) is 2. The summed E-state index contributed by atoms with van der Waals surface area (Å²) in [5.41, 5.74) is 2.40. The highest BCUT2D eigenvalue weighted by atomic mass is 35.5. The second kappa shape index (κ2) is 8.72. The fourth-order valence-electron chi connectivity index (χ4n) is 3.90. The molecule has 0 radical (unpaired) electrons. The van der Waals surface area contributed by atoms with Crippen molar-refractivity contribution in [3.05, 3.63) is 56.7 Å². The summed E-state index contributed by atoms with van der Waals surface area (Å²) in [5, 5.41) is 13.3. The molecular formula is C23H20ClNO6S. The fraction of sp³-hybridized carbons (Fsp3) is 0.217. The highest BCUT2D eigenvalue weighted by molar-refractivity contribution is 7.15. The van der Waals surface area contributed by atoms with Gasteiger partial charge in [-0.2, -0.15) is 0 Å². The molecule has 1 atom stereocenters. The average molecular weight is 474 g/mol. The van der Waals surface area contributed by atoms with Crippen LogP contribution in [0.5, 0.6) is 17.2 Å². The molecule has 7 nitrogen and oxygen atoms in total. The number of rotatable bonds is 6. The van der Waals surface area contributed by atoms with Gasteiger partial charge in [-0.05, 0) is 35.4 Å². The van der Waals surface area contributed by atoms with Crippen LogP contribution in [-0.4, -0.2) is 38.3 Å². The second-order valence-corrected chi connectivity index (χ2v) is 8.61. The average Bonchev–Trinajstić information content (AvgIpc) is 3.17. The summed E-state index contributed by atoms with van der Waals surface area (Å²) in [6.07, 6.45) is 0.158. The third-order valence-electron chi connectivity index (χ3n) is 5.32. The number of carbonyl (C=O) groups is 2. The van der Waals surface area contributed by atoms with E-state index in [1.54, 1.807) is 36.4 Å². The van der Waals surface area contributed by atoms with Crippen LogP contribution in [0.2, 0.25) is 5.02 Å². The van der Waals surface area contributed by atoms with E-state index in [0.29, 0.717) is 39.1 Å². The molecule has 0 aliphatic carbocycles. The number of thiophene rings is 1. The maximum absolute atomic E-state index is 12.7. The van der Waals surface area contributed by atoms with Gasteiger partial charge < -0.3 is 24.6 Å². The third kappa shape index (κ3) is 3.76. The van der Waals surface area contributed by atoms with E-state index in [1.807, 2.05) is 0 Å². The first-order valence-corrected chi connectivity index (χ1v) is 10.8. The maximum Gasteiger partial charge on any atom is 0.346 e. The van der Waals surface area contributed by atoms with E-state index < -0.39 is 5.97 Å². The van der Waals surface area contributed by atoms with Crippen molar-refractivity contribution < 1.29 is 28.9 Å². The van der Waals surface area contributed by atoms with Crippen LogP contribution in [0.3, 0.4) is 0 Å². The molecule has 2 aromatic carbocycles. The van der Waals surface area contributed by atoms with Crippen molar-refractivity contribution in [2.75, 3.05) is 26.6 Å². The van der Waals surface area contributed by atoms with E-state index >= 15 is 0 Å². The van der Waals surface area contributed by atoms with E-state index in [4.69, 9.17) is 25.8 Å². The van der Waals surface area contributed by atoms with Crippen molar-refractivity contribution in [3.63, 3.8) is 0 Å². The SMILES string of the molecule is COc1cc([C@H]2CC(=O)Nc3c2sc(C(=O)O)c3-c2ccc(Cl)cc2)cc(OC)c1OC. The Morgan fingerprint density at radius 3 is 2.25 bits per heavy atom. The summed E-state index contributed by atoms with van der Waals surface area (Å²) in [6.45, 7) is 0. The zero-order valence-electron chi connectivity index (χ0n) is 17.5. The molecule has 0 bridgehead atoms. The van der Waals surface area contributed by atoms with E-state index in [0.717, 1.165) is 21.8 Å². The number of hydrogen-bond acceptors (Lipinski definition) is 6. The van der Waals surface area contributed by atoms with Gasteiger partial charge in [0.2, 0.25) is 11.7 Å². The molecule has 4 rings (SSSR count). The lowest BCUT2D eigenvalue weighted by Crippen LogP contribution is -2.22. The monoisotopic (exact) mass is 473 g/mol. The van der Waals surface area contributed by atoms with Gasteiger partial charge in [-0.3, -0.25) is 4.79 Å². The summed E-state index contributed by atoms with van der Waals surface area (Å²) < 4.78 is 16.3. The molecule has 3 aromatic rings. The molecule has 2 N–H and O–H groups in total. The van der Waals surface area contributed by atoms with Crippen LogP contribution >= 0.6 is 22.9 Å². The highest BCUT2D eigenvalue weighted by Gasteiger charge is 2.35. The zero-order valence-corrected chi connectivity index (χ0v) is 19.1. The standard InChI is InChI=1S/C23H20ClNO6S/c1-29-15-8-12(9-16(30-2)20(15)31-3)14-10-17(26)25-19-18(11-4-6-13(24)7-5-11)22(23(27)28)32-21(14)19/h4-9,14H,10H2,1-3H3,(H,25,26)(H,27,28)/t14-/m1/s1. The van der Waals surface area contributed by atoms with E-state index in [1.165, 1.54) is 21.3 Å². The molecule has 1 amide bonds. The van der Waals surface area contributed by atoms with Crippen LogP contribution in [0.15, 0.2) is 36.4 Å². The number of amides is 1. The summed E-state index contributed by atoms with van der Waals surface area (Å²) in [6, 6.07) is 10.4. The molecule has 0 saturated carbocycles. The number of anilines is 1. The molecule has 1 aliphatic heterocycles. The van der Waals surface area contributed by atoms with Crippen molar-refractivity contribution in [2.45, 2.75) is 12.3 Å². The van der Waals surface area contributed by atoms with Crippen molar-refractivity contribution >= 4 is 40.5 Å². The Hall–Kier alpha value is -3.23. The molecule has 0 spiro atoms. The molecule has 9 heteroatoms. The van der Waals surface area contributed by atoms with Gasteiger partial charge in [0.25, 0.3) is 0 Å². The Bertz CT molecular complexity index is 1180. The van der Waals surface area contributed by atoms with Gasteiger partial charge in [0.15, 0.2) is 11.5 Å². The van der Waals surface area contributed by atoms with Crippen LogP contribution in [0.1, 0.15) is 32.5 Å². The molecule has 0 fully saturated rings. The van der Waals surface area contributed by atoms with E-state index in [2.05, 4.69) is 5.32 Å². The van der Waals surface area contributed by atoms with Gasteiger partial charge in [-0.25, -0.2) is 4.79 Å². The normalized spacial score (nSPS) is 15.0. The Morgan fingerprint density at radius 1 is 1.09 bits per heavy atom. The number of aromatic carboxylic acids is 1. The lowest BCUT2D eigenvalue weighted by atomic mass is 9.88. The molecule has 1 aromatic heterocycles. The highest BCUT2D eigenvalue weighted by Crippen LogP contribution is 2.51. The lowest BCUT2D eigenvalue weighted by Gasteiger charge is -2.25. The summed E-state index contributed by atoms with van der Waals surface area (Å²) in [4.78, 5) is 25.7. The number of nitrogens with one attached hydrogen (secondary N) is 1. The molecular weight excluding hydrogens is 454 g/mol. The zero-order chi connectivity index (χ0) is 23.0. The molecule has 1 aliphatic rings. The van der Waals surface area contributed by atoms with Crippen LogP contribution in [0.25, 0.3) is 11.1 Å². The quantitative estimate of drug-likeness (QED) is 0.506. The Kier molecular flexibility index (Phi) is 5.99. The molecule has 2 heterocycles. The molecule has 0 unspecified atom stereocenters. The minimum absolute atomic E-state index is 0.150. The summed E-state index contributed by atoms with van der Waals surface area (Å²) in [7, 11) is 4.56. The van der Waals surface area contributed by atoms with Crippen molar-refractivity contribution in [2.24, 2.45) is 0 Å². The minimum atomic E-state index is -1.06. The third-order valence-corrected chi connectivity index (χ3v) is 6.87. The van der Waals surface area contributed by atoms with Crippen LogP contribution < -0.4 is 19.5 Å². The van der Waals surface area contributed by atoms with Crippen molar-refractivity contribution in [1.29, 1.82) is 0 Å². The number of methoxy groups -OCH3 is 3. The number of benzene rings is 2. The van der Waals surface area contributed by atoms with Gasteiger partial charge in [-0.1, -0.05) is 23.7 Å². The molecule has 32 heavy (non-hydrogen) atoms. The fourth-order valence-corrected chi connectivity index (χ4v) is 5.27. The van der Waals surface area contributed by atoms with Gasteiger partial charge in [0, 0.05) is 27.8 Å². The van der Waals surface area contributed by atoms with Crippen molar-refractivity contribution in [1.82, 2.24) is 0 Å². The summed E-state index contributed by atoms with van der Waals surface area (Å²) >= 11 is 7.16. The first-order chi connectivity index (χ1) is 15.4. The largest absolute Gasteiger partial charge is 0.493 e. The van der Waals surface area contributed by atoms with Gasteiger partial charge in [0.1, 0.15) is 4.88 Å². The topological polar surface area (TPSA) is 94.1 Å². The summed E-state index contributed by atoms with van der Waals surface area (Å²) in [5.74, 6) is -0.284. The lowest BCUT2D eigenvalue weighted by molar-refractivity contribution is -0.116. The minimum Gasteiger partial charge on any atom is -0.493 e. The Labute approximate surface area is 193 Å². The number of fused-ring (bicyclic) bond motifs is 1. The van der Waals surface area contributed by atoms with E-state index in [9.17, 15) is 14.7 Å². The van der Waals surface area contributed by atoms with Gasteiger partial charge >= 0.3 is 5.97 Å². The van der Waals surface area contributed by atoms with Gasteiger partial charge in [0.05, 0.1) is 27.0 Å². The maximum atomic E-state index is 12.7. The van der Waals surface area contributed by atoms with Gasteiger partial charge in [-0.15, -0.1) is 11.3 Å².